The van der Waals surface area contributed by atoms with Crippen molar-refractivity contribution in [1.82, 2.24) is 9.55 Å². The van der Waals surface area contributed by atoms with Gasteiger partial charge in [0.2, 0.25) is 5.91 Å². The Bertz CT molecular complexity index is 1400. The summed E-state index contributed by atoms with van der Waals surface area (Å²) in [6.07, 6.45) is 1.91. The molecule has 0 unspecified atom stereocenters. The standard InChI is InChI=1S/C26H26ClN3O2S2/c1-5-6-21-17(4)23-24(34-21)29-26(30(25(23)32)20-9-7-18(27)8-10-20)33-14-22(31)28-19-12-15(2)11-16(3)13-19/h7-13H,5-6,14H2,1-4H3,(H,28,31). The van der Waals surface area contributed by atoms with Crippen LogP contribution in [0.3, 0.4) is 0 Å². The van der Waals surface area contributed by atoms with Gasteiger partial charge in [0.1, 0.15) is 4.83 Å². The minimum absolute atomic E-state index is 0.124. The number of carbonyl (C=O) groups is 1. The molecule has 5 nitrogen and oxygen atoms in total. The van der Waals surface area contributed by atoms with Crippen molar-refractivity contribution in [3.05, 3.63) is 79.4 Å². The fourth-order valence-electron chi connectivity index (χ4n) is 3.96. The van der Waals surface area contributed by atoms with E-state index in [1.807, 2.05) is 32.9 Å². The number of aryl methyl sites for hydroxylation is 4. The number of thiophene rings is 1. The van der Waals surface area contributed by atoms with Crippen LogP contribution in [0.5, 0.6) is 0 Å². The van der Waals surface area contributed by atoms with Crippen LogP contribution in [0.15, 0.2) is 52.4 Å². The summed E-state index contributed by atoms with van der Waals surface area (Å²) in [5.74, 6) is -0.0222. The van der Waals surface area contributed by atoms with E-state index in [1.165, 1.54) is 16.6 Å². The third-order valence-corrected chi connectivity index (χ3v) is 7.87. The van der Waals surface area contributed by atoms with Crippen molar-refractivity contribution in [2.75, 3.05) is 11.1 Å². The van der Waals surface area contributed by atoms with Gasteiger partial charge in [0, 0.05) is 15.6 Å². The molecule has 2 heterocycles. The molecule has 176 valence electrons. The number of carbonyl (C=O) groups excluding carboxylic acids is 1. The zero-order valence-electron chi connectivity index (χ0n) is 19.6. The lowest BCUT2D eigenvalue weighted by molar-refractivity contribution is -0.113. The van der Waals surface area contributed by atoms with Gasteiger partial charge in [0.05, 0.1) is 16.8 Å². The summed E-state index contributed by atoms with van der Waals surface area (Å²) in [7, 11) is 0. The highest BCUT2D eigenvalue weighted by Gasteiger charge is 2.20. The number of fused-ring (bicyclic) bond motifs is 1. The van der Waals surface area contributed by atoms with Crippen LogP contribution < -0.4 is 10.9 Å². The van der Waals surface area contributed by atoms with Gasteiger partial charge in [-0.15, -0.1) is 11.3 Å². The zero-order valence-corrected chi connectivity index (χ0v) is 22.0. The molecule has 0 aliphatic heterocycles. The third-order valence-electron chi connectivity index (χ3n) is 5.43. The molecule has 1 amide bonds. The van der Waals surface area contributed by atoms with E-state index in [9.17, 15) is 9.59 Å². The van der Waals surface area contributed by atoms with E-state index < -0.39 is 0 Å². The van der Waals surface area contributed by atoms with Crippen LogP contribution in [-0.2, 0) is 11.2 Å². The lowest BCUT2D eigenvalue weighted by Crippen LogP contribution is -2.22. The molecule has 4 aromatic rings. The Kier molecular flexibility index (Phi) is 7.45. The van der Waals surface area contributed by atoms with Crippen LogP contribution in [-0.4, -0.2) is 21.2 Å². The molecule has 0 radical (unpaired) electrons. The first-order valence-electron chi connectivity index (χ1n) is 11.1. The molecule has 0 aliphatic rings. The molecule has 0 atom stereocenters. The fourth-order valence-corrected chi connectivity index (χ4v) is 6.22. The first-order chi connectivity index (χ1) is 16.3. The number of benzene rings is 2. The number of anilines is 1. The molecule has 0 spiro atoms. The Labute approximate surface area is 212 Å². The summed E-state index contributed by atoms with van der Waals surface area (Å²) in [5.41, 5.74) is 4.47. The maximum absolute atomic E-state index is 13.7. The zero-order chi connectivity index (χ0) is 24.4. The smallest absolute Gasteiger partial charge is 0.267 e. The summed E-state index contributed by atoms with van der Waals surface area (Å²) < 4.78 is 1.59. The monoisotopic (exact) mass is 511 g/mol. The molecule has 0 aliphatic carbocycles. The average molecular weight is 512 g/mol. The highest BCUT2D eigenvalue weighted by molar-refractivity contribution is 7.99. The van der Waals surface area contributed by atoms with Gasteiger partial charge in [0.25, 0.3) is 5.56 Å². The van der Waals surface area contributed by atoms with Crippen molar-refractivity contribution in [2.24, 2.45) is 0 Å². The van der Waals surface area contributed by atoms with E-state index in [0.717, 1.165) is 35.2 Å². The molecule has 34 heavy (non-hydrogen) atoms. The van der Waals surface area contributed by atoms with Crippen molar-refractivity contribution in [3.8, 4) is 5.69 Å². The molecule has 0 saturated heterocycles. The van der Waals surface area contributed by atoms with Crippen LogP contribution in [0.1, 0.15) is 34.9 Å². The number of nitrogens with one attached hydrogen (secondary N) is 1. The molecule has 0 bridgehead atoms. The van der Waals surface area contributed by atoms with Gasteiger partial charge in [-0.3, -0.25) is 14.2 Å². The second-order valence-corrected chi connectivity index (χ2v) is 10.8. The third kappa shape index (κ3) is 5.22. The fraction of sp³-hybridized carbons (Fsp3) is 0.269. The lowest BCUT2D eigenvalue weighted by atomic mass is 10.1. The molecule has 2 aromatic carbocycles. The molecule has 0 fully saturated rings. The number of hydrogen-bond donors (Lipinski definition) is 1. The van der Waals surface area contributed by atoms with Gasteiger partial charge in [-0.25, -0.2) is 4.98 Å². The number of rotatable bonds is 7. The second-order valence-electron chi connectivity index (χ2n) is 8.30. The maximum Gasteiger partial charge on any atom is 0.267 e. The summed E-state index contributed by atoms with van der Waals surface area (Å²) >= 11 is 8.90. The Morgan fingerprint density at radius 3 is 2.44 bits per heavy atom. The number of hydrogen-bond acceptors (Lipinski definition) is 5. The van der Waals surface area contributed by atoms with E-state index >= 15 is 0 Å². The van der Waals surface area contributed by atoms with Gasteiger partial charge in [0.15, 0.2) is 5.16 Å². The van der Waals surface area contributed by atoms with Crippen LogP contribution in [0.2, 0.25) is 5.02 Å². The van der Waals surface area contributed by atoms with Crippen molar-refractivity contribution in [3.63, 3.8) is 0 Å². The van der Waals surface area contributed by atoms with Gasteiger partial charge >= 0.3 is 0 Å². The summed E-state index contributed by atoms with van der Waals surface area (Å²) in [6.45, 7) is 8.11. The Balaban J connectivity index is 1.71. The first kappa shape index (κ1) is 24.5. The Hall–Kier alpha value is -2.61. The number of halogens is 1. The molecule has 8 heteroatoms. The molecular formula is C26H26ClN3O2S2. The SMILES string of the molecule is CCCc1sc2nc(SCC(=O)Nc3cc(C)cc(C)c3)n(-c3ccc(Cl)cc3)c(=O)c2c1C. The normalized spacial score (nSPS) is 11.2. The first-order valence-corrected chi connectivity index (χ1v) is 13.3. The van der Waals surface area contributed by atoms with Gasteiger partial charge in [-0.1, -0.05) is 42.8 Å². The minimum Gasteiger partial charge on any atom is -0.325 e. The van der Waals surface area contributed by atoms with Crippen LogP contribution in [0, 0.1) is 20.8 Å². The van der Waals surface area contributed by atoms with Gasteiger partial charge < -0.3 is 5.32 Å². The van der Waals surface area contributed by atoms with E-state index in [-0.39, 0.29) is 17.2 Å². The summed E-state index contributed by atoms with van der Waals surface area (Å²) in [6, 6.07) is 13.0. The largest absolute Gasteiger partial charge is 0.325 e. The Morgan fingerprint density at radius 1 is 1.12 bits per heavy atom. The number of nitrogens with zero attached hydrogens (tertiary/aromatic N) is 2. The van der Waals surface area contributed by atoms with Gasteiger partial charge in [-0.2, -0.15) is 0 Å². The lowest BCUT2D eigenvalue weighted by Gasteiger charge is -2.13. The van der Waals surface area contributed by atoms with Crippen molar-refractivity contribution >= 4 is 56.5 Å². The van der Waals surface area contributed by atoms with E-state index in [1.54, 1.807) is 40.2 Å². The predicted molar refractivity (Wildman–Crippen MR) is 144 cm³/mol. The van der Waals surface area contributed by atoms with Gasteiger partial charge in [-0.05, 0) is 80.3 Å². The molecule has 4 rings (SSSR count). The summed E-state index contributed by atoms with van der Waals surface area (Å²) in [5, 5.41) is 4.67. The molecule has 0 saturated carbocycles. The van der Waals surface area contributed by atoms with Crippen molar-refractivity contribution in [2.45, 2.75) is 45.7 Å². The number of aromatic nitrogens is 2. The minimum atomic E-state index is -0.152. The van der Waals surface area contributed by atoms with E-state index in [0.29, 0.717) is 26.1 Å². The second kappa shape index (κ2) is 10.3. The topological polar surface area (TPSA) is 64.0 Å². The van der Waals surface area contributed by atoms with Crippen LogP contribution in [0.4, 0.5) is 5.69 Å². The number of amides is 1. The number of thioether (sulfide) groups is 1. The Morgan fingerprint density at radius 2 is 1.79 bits per heavy atom. The van der Waals surface area contributed by atoms with Crippen LogP contribution in [0.25, 0.3) is 15.9 Å². The van der Waals surface area contributed by atoms with Crippen LogP contribution >= 0.6 is 34.7 Å². The molecule has 1 N–H and O–H groups in total. The van der Waals surface area contributed by atoms with E-state index in [2.05, 4.69) is 18.3 Å². The van der Waals surface area contributed by atoms with Crippen molar-refractivity contribution in [1.29, 1.82) is 0 Å². The highest BCUT2D eigenvalue weighted by atomic mass is 35.5. The molecule has 2 aromatic heterocycles. The van der Waals surface area contributed by atoms with E-state index in [4.69, 9.17) is 16.6 Å². The highest BCUT2D eigenvalue weighted by Crippen LogP contribution is 2.31. The average Bonchev–Trinajstić information content (AvgIpc) is 3.08. The van der Waals surface area contributed by atoms with Crippen molar-refractivity contribution < 1.29 is 4.79 Å². The predicted octanol–water partition coefficient (Wildman–Crippen LogP) is 6.71. The molecular weight excluding hydrogens is 486 g/mol. The quantitative estimate of drug-likeness (QED) is 0.221. The maximum atomic E-state index is 13.7. The summed E-state index contributed by atoms with van der Waals surface area (Å²) in [4.78, 5) is 33.1.